The van der Waals surface area contributed by atoms with Gasteiger partial charge in [0.2, 0.25) is 0 Å². The Kier molecular flexibility index (Phi) is 7.80. The Balaban J connectivity index is 2.89. The van der Waals surface area contributed by atoms with Crippen LogP contribution in [0.15, 0.2) is 11.8 Å². The molecule has 0 aromatic carbocycles. The minimum atomic E-state index is -5.69. The number of methoxy groups -OCH3 is 1. The van der Waals surface area contributed by atoms with E-state index in [9.17, 15) is 26.4 Å². The molecule has 1 aliphatic rings. The summed E-state index contributed by atoms with van der Waals surface area (Å²) in [4.78, 5) is 11.7. The average molecular weight is 514 g/mol. The number of alkyl halides is 4. The Labute approximate surface area is 164 Å². The van der Waals surface area contributed by atoms with Gasteiger partial charge < -0.3 is 13.7 Å². The average Bonchev–Trinajstić information content (AvgIpc) is 2.51. The van der Waals surface area contributed by atoms with E-state index < -0.39 is 27.0 Å². The van der Waals surface area contributed by atoms with Crippen LogP contribution < -0.4 is 0 Å². The summed E-state index contributed by atoms with van der Waals surface area (Å²) >= 11 is 2.08. The van der Waals surface area contributed by atoms with E-state index in [1.165, 1.54) is 13.2 Å². The van der Waals surface area contributed by atoms with Crippen LogP contribution in [0.2, 0.25) is 0 Å². The summed E-state index contributed by atoms with van der Waals surface area (Å²) in [5.74, 6) is -1.05. The Bertz CT molecular complexity index is 642. The van der Waals surface area contributed by atoms with Crippen LogP contribution in [-0.4, -0.2) is 43.6 Å². The molecule has 0 heterocycles. The summed E-state index contributed by atoms with van der Waals surface area (Å²) in [7, 11) is -4.42. The normalized spacial score (nSPS) is 23.2. The minimum absolute atomic E-state index is 0.0154. The van der Waals surface area contributed by atoms with E-state index >= 15 is 0 Å². The third-order valence-corrected chi connectivity index (χ3v) is 5.74. The molecule has 0 N–H and O–H groups in total. The van der Waals surface area contributed by atoms with Gasteiger partial charge in [-0.3, -0.25) is 4.79 Å². The first kappa shape index (κ1) is 23.5. The van der Waals surface area contributed by atoms with Crippen LogP contribution >= 0.6 is 22.6 Å². The number of hydrogen-bond donors (Lipinski definition) is 0. The Morgan fingerprint density at radius 1 is 1.38 bits per heavy atom. The van der Waals surface area contributed by atoms with Crippen molar-refractivity contribution in [2.75, 3.05) is 13.7 Å². The largest absolute Gasteiger partial charge is 0.534 e. The van der Waals surface area contributed by atoms with Crippen LogP contribution in [0.25, 0.3) is 0 Å². The fourth-order valence-electron chi connectivity index (χ4n) is 2.41. The summed E-state index contributed by atoms with van der Waals surface area (Å²) in [6, 6.07) is 0. The smallest absolute Gasteiger partial charge is 0.469 e. The van der Waals surface area contributed by atoms with Crippen LogP contribution in [0.3, 0.4) is 0 Å². The van der Waals surface area contributed by atoms with E-state index in [4.69, 9.17) is 9.47 Å². The van der Waals surface area contributed by atoms with Gasteiger partial charge in [0.1, 0.15) is 5.76 Å². The van der Waals surface area contributed by atoms with Crippen LogP contribution in [0.1, 0.15) is 33.6 Å². The van der Waals surface area contributed by atoms with E-state index in [-0.39, 0.29) is 41.2 Å². The standard InChI is InChI=1S/C15H22F3IO6S/c1-9(19)11-7-10(25-26(21,22)15(16,17)18)5-6-12(11)24-8-14(2,3)13(20)23-4/h7,9,11-12H,5-6,8H2,1-4H3. The van der Waals surface area contributed by atoms with Crippen molar-refractivity contribution in [3.05, 3.63) is 11.8 Å². The number of rotatable bonds is 7. The van der Waals surface area contributed by atoms with Crippen molar-refractivity contribution >= 4 is 38.7 Å². The summed E-state index contributed by atoms with van der Waals surface area (Å²) in [6.07, 6.45) is 1.24. The van der Waals surface area contributed by atoms with Crippen LogP contribution in [0.5, 0.6) is 0 Å². The molecule has 0 aliphatic heterocycles. The van der Waals surface area contributed by atoms with Crippen molar-refractivity contribution < 1.29 is 40.0 Å². The first-order valence-corrected chi connectivity index (χ1v) is 10.4. The highest BCUT2D eigenvalue weighted by Crippen LogP contribution is 2.36. The van der Waals surface area contributed by atoms with Gasteiger partial charge in [-0.2, -0.15) is 21.6 Å². The fourth-order valence-corrected chi connectivity index (χ4v) is 3.60. The second-order valence-electron chi connectivity index (χ2n) is 6.63. The third kappa shape index (κ3) is 5.98. The van der Waals surface area contributed by atoms with E-state index in [1.54, 1.807) is 13.8 Å². The summed E-state index contributed by atoms with van der Waals surface area (Å²) in [6.45, 7) is 5.20. The topological polar surface area (TPSA) is 78.9 Å². The first-order chi connectivity index (χ1) is 11.7. The molecule has 1 aliphatic carbocycles. The molecule has 1 rings (SSSR count). The molecular formula is C15H22F3IO6S. The van der Waals surface area contributed by atoms with Gasteiger partial charge in [0.15, 0.2) is 0 Å². The van der Waals surface area contributed by atoms with E-state index in [1.807, 2.05) is 6.92 Å². The van der Waals surface area contributed by atoms with Crippen molar-refractivity contribution in [3.63, 3.8) is 0 Å². The van der Waals surface area contributed by atoms with E-state index in [2.05, 4.69) is 26.8 Å². The van der Waals surface area contributed by atoms with Crippen LogP contribution in [-0.2, 0) is 28.6 Å². The first-order valence-electron chi connectivity index (χ1n) is 7.77. The van der Waals surface area contributed by atoms with Gasteiger partial charge >= 0.3 is 21.6 Å². The Morgan fingerprint density at radius 2 is 1.96 bits per heavy atom. The highest BCUT2D eigenvalue weighted by molar-refractivity contribution is 14.1. The number of carbonyl (C=O) groups is 1. The number of hydrogen-bond acceptors (Lipinski definition) is 6. The van der Waals surface area contributed by atoms with Gasteiger partial charge in [-0.15, -0.1) is 0 Å². The molecule has 26 heavy (non-hydrogen) atoms. The van der Waals surface area contributed by atoms with E-state index in [0.717, 1.165) is 0 Å². The van der Waals surface area contributed by atoms with Crippen molar-refractivity contribution in [3.8, 4) is 0 Å². The molecule has 152 valence electrons. The summed E-state index contributed by atoms with van der Waals surface area (Å²) in [5.41, 5.74) is -6.36. The fraction of sp³-hybridized carbons (Fsp3) is 0.800. The predicted molar refractivity (Wildman–Crippen MR) is 95.9 cm³/mol. The second-order valence-corrected chi connectivity index (χ2v) is 10.1. The van der Waals surface area contributed by atoms with Crippen molar-refractivity contribution in [1.29, 1.82) is 0 Å². The number of ether oxygens (including phenoxy) is 2. The van der Waals surface area contributed by atoms with Gasteiger partial charge in [-0.25, -0.2) is 0 Å². The molecule has 0 fully saturated rings. The zero-order chi connectivity index (χ0) is 20.3. The highest BCUT2D eigenvalue weighted by Gasteiger charge is 2.49. The molecule has 0 saturated heterocycles. The minimum Gasteiger partial charge on any atom is -0.469 e. The van der Waals surface area contributed by atoms with Crippen LogP contribution in [0, 0.1) is 11.3 Å². The Hall–Kier alpha value is -0.560. The van der Waals surface area contributed by atoms with Gasteiger partial charge in [0.05, 0.1) is 25.2 Å². The van der Waals surface area contributed by atoms with Crippen molar-refractivity contribution in [2.24, 2.45) is 11.3 Å². The molecule has 11 heteroatoms. The van der Waals surface area contributed by atoms with Crippen molar-refractivity contribution in [2.45, 2.75) is 49.1 Å². The molecule has 0 saturated carbocycles. The molecule has 0 radical (unpaired) electrons. The maximum absolute atomic E-state index is 12.5. The molecule has 0 aromatic rings. The lowest BCUT2D eigenvalue weighted by Gasteiger charge is -2.34. The SMILES string of the molecule is COC(=O)C(C)(C)COC1CCC(OS(=O)(=O)C(F)(F)F)=CC1C(C)I. The Morgan fingerprint density at radius 3 is 2.42 bits per heavy atom. The van der Waals surface area contributed by atoms with Crippen molar-refractivity contribution in [1.82, 2.24) is 0 Å². The second kappa shape index (κ2) is 8.63. The van der Waals surface area contributed by atoms with E-state index in [0.29, 0.717) is 0 Å². The lowest BCUT2D eigenvalue weighted by atomic mass is 9.88. The molecule has 0 bridgehead atoms. The molecule has 3 atom stereocenters. The summed E-state index contributed by atoms with van der Waals surface area (Å²) < 4.78 is 74.5. The summed E-state index contributed by atoms with van der Waals surface area (Å²) in [5, 5.41) is 0. The van der Waals surface area contributed by atoms with Gasteiger partial charge in [-0.1, -0.05) is 29.5 Å². The number of esters is 1. The number of halogens is 4. The molecule has 3 unspecified atom stereocenters. The van der Waals surface area contributed by atoms with Gasteiger partial charge in [0.25, 0.3) is 0 Å². The number of allylic oxidation sites excluding steroid dienone is 1. The maximum Gasteiger partial charge on any atom is 0.534 e. The molecule has 0 amide bonds. The third-order valence-electron chi connectivity index (χ3n) is 3.91. The zero-order valence-corrected chi connectivity index (χ0v) is 17.8. The predicted octanol–water partition coefficient (Wildman–Crippen LogP) is 3.55. The molecule has 0 aromatic heterocycles. The number of carbonyl (C=O) groups excluding carboxylic acids is 1. The quantitative estimate of drug-likeness (QED) is 0.170. The maximum atomic E-state index is 12.5. The highest BCUT2D eigenvalue weighted by atomic mass is 127. The van der Waals surface area contributed by atoms with Crippen LogP contribution in [0.4, 0.5) is 13.2 Å². The monoisotopic (exact) mass is 514 g/mol. The molecule has 6 nitrogen and oxygen atoms in total. The lowest BCUT2D eigenvalue weighted by Crippen LogP contribution is -2.38. The zero-order valence-electron chi connectivity index (χ0n) is 14.8. The molecular weight excluding hydrogens is 492 g/mol. The van der Waals surface area contributed by atoms with Gasteiger partial charge in [-0.05, 0) is 26.3 Å². The van der Waals surface area contributed by atoms with Gasteiger partial charge in [0, 0.05) is 16.3 Å². The molecule has 0 spiro atoms. The lowest BCUT2D eigenvalue weighted by molar-refractivity contribution is -0.156.